The Morgan fingerprint density at radius 3 is 2.57 bits per heavy atom. The number of hydrogen-bond donors (Lipinski definition) is 2. The fourth-order valence-corrected chi connectivity index (χ4v) is 2.73. The lowest BCUT2D eigenvalue weighted by atomic mass is 10.1. The molecule has 2 N–H and O–H groups in total. The minimum Gasteiger partial charge on any atom is -0.478 e. The Balaban J connectivity index is 1.65. The van der Waals surface area contributed by atoms with Crippen LogP contribution in [0.15, 0.2) is 30.6 Å². The van der Waals surface area contributed by atoms with E-state index in [-0.39, 0.29) is 5.56 Å². The molecule has 120 valence electrons. The molecule has 6 nitrogen and oxygen atoms in total. The Hall–Kier alpha value is -2.63. The largest absolute Gasteiger partial charge is 0.478 e. The standard InChI is InChI=1S/C17H20N4O2/c1-12-6-14(16(22)23)8-15(7-12)18-9-13-10-19-17(20-11-13)21-4-2-3-5-21/h6-8,10-11,18H,2-5,9H2,1H3,(H,22,23). The van der Waals surface area contributed by atoms with Crippen molar-refractivity contribution in [2.75, 3.05) is 23.3 Å². The molecule has 1 aromatic heterocycles. The molecule has 1 saturated heterocycles. The van der Waals surface area contributed by atoms with Crippen molar-refractivity contribution in [2.45, 2.75) is 26.3 Å². The number of carboxylic acid groups (broad SMARTS) is 1. The maximum atomic E-state index is 11.1. The quantitative estimate of drug-likeness (QED) is 0.884. The molecule has 0 spiro atoms. The van der Waals surface area contributed by atoms with Crippen LogP contribution in [-0.4, -0.2) is 34.1 Å². The van der Waals surface area contributed by atoms with Crippen molar-refractivity contribution in [3.8, 4) is 0 Å². The Kier molecular flexibility index (Phi) is 4.41. The van der Waals surface area contributed by atoms with Gasteiger partial charge in [0, 0.05) is 43.3 Å². The van der Waals surface area contributed by atoms with Gasteiger partial charge < -0.3 is 15.3 Å². The number of benzene rings is 1. The maximum absolute atomic E-state index is 11.1. The van der Waals surface area contributed by atoms with Gasteiger partial charge in [0.05, 0.1) is 5.56 Å². The number of anilines is 2. The summed E-state index contributed by atoms with van der Waals surface area (Å²) in [5, 5.41) is 12.3. The van der Waals surface area contributed by atoms with Crippen molar-refractivity contribution in [3.05, 3.63) is 47.3 Å². The molecule has 23 heavy (non-hydrogen) atoms. The fraction of sp³-hybridized carbons (Fsp3) is 0.353. The van der Waals surface area contributed by atoms with Crippen LogP contribution in [0.4, 0.5) is 11.6 Å². The van der Waals surface area contributed by atoms with Gasteiger partial charge in [-0.05, 0) is 43.5 Å². The zero-order chi connectivity index (χ0) is 16.2. The Bertz CT molecular complexity index is 694. The van der Waals surface area contributed by atoms with Gasteiger partial charge in [-0.2, -0.15) is 0 Å². The van der Waals surface area contributed by atoms with Gasteiger partial charge >= 0.3 is 5.97 Å². The van der Waals surface area contributed by atoms with Crippen molar-refractivity contribution in [2.24, 2.45) is 0 Å². The van der Waals surface area contributed by atoms with Gasteiger partial charge in [0.1, 0.15) is 0 Å². The van der Waals surface area contributed by atoms with Crippen LogP contribution in [0, 0.1) is 6.92 Å². The number of nitrogens with one attached hydrogen (secondary N) is 1. The predicted molar refractivity (Wildman–Crippen MR) is 88.9 cm³/mol. The second-order valence-electron chi connectivity index (χ2n) is 5.83. The zero-order valence-electron chi connectivity index (χ0n) is 13.1. The second-order valence-corrected chi connectivity index (χ2v) is 5.83. The molecule has 2 aromatic rings. The molecule has 3 rings (SSSR count). The summed E-state index contributed by atoms with van der Waals surface area (Å²) in [4.78, 5) is 22.1. The summed E-state index contributed by atoms with van der Waals surface area (Å²) in [6, 6.07) is 5.21. The molecular formula is C17H20N4O2. The molecule has 2 heterocycles. The Morgan fingerprint density at radius 1 is 1.22 bits per heavy atom. The molecule has 1 aliphatic heterocycles. The number of carboxylic acids is 1. The van der Waals surface area contributed by atoms with Gasteiger partial charge in [-0.25, -0.2) is 14.8 Å². The van der Waals surface area contributed by atoms with E-state index in [0.717, 1.165) is 35.9 Å². The first-order valence-corrected chi connectivity index (χ1v) is 7.76. The number of aryl methyl sites for hydroxylation is 1. The average Bonchev–Trinajstić information content (AvgIpc) is 3.07. The summed E-state index contributed by atoms with van der Waals surface area (Å²) in [6.45, 7) is 4.49. The lowest BCUT2D eigenvalue weighted by molar-refractivity contribution is 0.0697. The Labute approximate surface area is 135 Å². The van der Waals surface area contributed by atoms with Gasteiger partial charge in [0.2, 0.25) is 5.95 Å². The third-order valence-corrected chi connectivity index (χ3v) is 3.90. The first kappa shape index (κ1) is 15.3. The highest BCUT2D eigenvalue weighted by Gasteiger charge is 2.14. The van der Waals surface area contributed by atoms with Crippen molar-refractivity contribution in [1.29, 1.82) is 0 Å². The molecule has 0 aliphatic carbocycles. The van der Waals surface area contributed by atoms with Crippen molar-refractivity contribution in [1.82, 2.24) is 9.97 Å². The first-order valence-electron chi connectivity index (χ1n) is 7.76. The van der Waals surface area contributed by atoms with Gasteiger partial charge in [0.15, 0.2) is 0 Å². The van der Waals surface area contributed by atoms with Crippen LogP contribution in [0.2, 0.25) is 0 Å². The summed E-state index contributed by atoms with van der Waals surface area (Å²) in [7, 11) is 0. The second kappa shape index (κ2) is 6.64. The van der Waals surface area contributed by atoms with E-state index in [1.165, 1.54) is 12.8 Å². The minimum absolute atomic E-state index is 0.285. The number of carbonyl (C=O) groups is 1. The smallest absolute Gasteiger partial charge is 0.335 e. The van der Waals surface area contributed by atoms with Crippen LogP contribution in [0.3, 0.4) is 0 Å². The van der Waals surface area contributed by atoms with Crippen LogP contribution in [0.5, 0.6) is 0 Å². The first-order chi connectivity index (χ1) is 11.1. The molecular weight excluding hydrogens is 292 g/mol. The third kappa shape index (κ3) is 3.77. The highest BCUT2D eigenvalue weighted by molar-refractivity contribution is 5.89. The monoisotopic (exact) mass is 312 g/mol. The van der Waals surface area contributed by atoms with Crippen LogP contribution >= 0.6 is 0 Å². The zero-order valence-corrected chi connectivity index (χ0v) is 13.1. The summed E-state index contributed by atoms with van der Waals surface area (Å²) >= 11 is 0. The molecule has 0 amide bonds. The topological polar surface area (TPSA) is 78.4 Å². The average molecular weight is 312 g/mol. The number of aromatic nitrogens is 2. The lowest BCUT2D eigenvalue weighted by Crippen LogP contribution is -2.20. The fourth-order valence-electron chi connectivity index (χ4n) is 2.73. The molecule has 0 radical (unpaired) electrons. The van der Waals surface area contributed by atoms with Crippen LogP contribution in [-0.2, 0) is 6.54 Å². The summed E-state index contributed by atoms with van der Waals surface area (Å²) < 4.78 is 0. The molecule has 0 saturated carbocycles. The molecule has 0 atom stereocenters. The lowest BCUT2D eigenvalue weighted by Gasteiger charge is -2.15. The molecule has 0 bridgehead atoms. The summed E-state index contributed by atoms with van der Waals surface area (Å²) in [6.07, 6.45) is 6.04. The van der Waals surface area contributed by atoms with Gasteiger partial charge in [0.25, 0.3) is 0 Å². The van der Waals surface area contributed by atoms with E-state index in [2.05, 4.69) is 20.2 Å². The number of aromatic carboxylic acids is 1. The van der Waals surface area contributed by atoms with Gasteiger partial charge in [-0.15, -0.1) is 0 Å². The van der Waals surface area contributed by atoms with Crippen molar-refractivity contribution in [3.63, 3.8) is 0 Å². The molecule has 1 aromatic carbocycles. The van der Waals surface area contributed by atoms with E-state index >= 15 is 0 Å². The highest BCUT2D eigenvalue weighted by atomic mass is 16.4. The van der Waals surface area contributed by atoms with Crippen LogP contribution in [0.1, 0.15) is 34.3 Å². The minimum atomic E-state index is -0.921. The van der Waals surface area contributed by atoms with E-state index in [4.69, 9.17) is 5.11 Å². The van der Waals surface area contributed by atoms with Crippen LogP contribution < -0.4 is 10.2 Å². The summed E-state index contributed by atoms with van der Waals surface area (Å²) in [5.41, 5.74) is 2.94. The number of hydrogen-bond acceptors (Lipinski definition) is 5. The normalized spacial score (nSPS) is 14.0. The molecule has 1 fully saturated rings. The van der Waals surface area contributed by atoms with E-state index in [9.17, 15) is 4.79 Å². The number of nitrogens with zero attached hydrogens (tertiary/aromatic N) is 3. The van der Waals surface area contributed by atoms with Crippen LogP contribution in [0.25, 0.3) is 0 Å². The predicted octanol–water partition coefficient (Wildman–Crippen LogP) is 2.70. The van der Waals surface area contributed by atoms with Crippen molar-refractivity contribution < 1.29 is 9.90 Å². The van der Waals surface area contributed by atoms with Gasteiger partial charge in [-0.3, -0.25) is 0 Å². The SMILES string of the molecule is Cc1cc(NCc2cnc(N3CCCC3)nc2)cc(C(=O)O)c1. The molecule has 0 unspecified atom stereocenters. The van der Waals surface area contributed by atoms with Gasteiger partial charge in [-0.1, -0.05) is 0 Å². The highest BCUT2D eigenvalue weighted by Crippen LogP contribution is 2.17. The molecule has 1 aliphatic rings. The third-order valence-electron chi connectivity index (χ3n) is 3.90. The van der Waals surface area contributed by atoms with E-state index in [0.29, 0.717) is 6.54 Å². The van der Waals surface area contributed by atoms with E-state index < -0.39 is 5.97 Å². The Morgan fingerprint density at radius 2 is 1.91 bits per heavy atom. The van der Waals surface area contributed by atoms with Crippen molar-refractivity contribution >= 4 is 17.6 Å². The molecule has 6 heteroatoms. The summed E-state index contributed by atoms with van der Waals surface area (Å²) in [5.74, 6) is -0.134. The number of rotatable bonds is 5. The maximum Gasteiger partial charge on any atom is 0.335 e. The van der Waals surface area contributed by atoms with E-state index in [1.54, 1.807) is 12.1 Å². The van der Waals surface area contributed by atoms with E-state index in [1.807, 2.05) is 25.4 Å².